The van der Waals surface area contributed by atoms with Crippen LogP contribution in [0.3, 0.4) is 0 Å². The third kappa shape index (κ3) is 3.83. The highest BCUT2D eigenvalue weighted by molar-refractivity contribution is 6.31. The minimum atomic E-state index is -0.241. The normalized spacial score (nSPS) is 12.6. The van der Waals surface area contributed by atoms with Gasteiger partial charge >= 0.3 is 5.97 Å². The fourth-order valence-corrected chi connectivity index (χ4v) is 1.72. The van der Waals surface area contributed by atoms with Gasteiger partial charge in [0.15, 0.2) is 0 Å². The molecule has 1 aromatic carbocycles. The number of hydrogen-bond donors (Lipinski definition) is 1. The molecule has 1 aromatic rings. The molecular weight excluding hydrogens is 226 g/mol. The molecule has 4 heteroatoms. The molecule has 0 aromatic heterocycles. The van der Waals surface area contributed by atoms with E-state index in [-0.39, 0.29) is 24.5 Å². The number of quaternary nitrogens is 1. The summed E-state index contributed by atoms with van der Waals surface area (Å²) in [5.74, 6) is -0.241. The second-order valence-electron chi connectivity index (χ2n) is 3.96. The van der Waals surface area contributed by atoms with Crippen molar-refractivity contribution in [3.63, 3.8) is 0 Å². The maximum absolute atomic E-state index is 11.4. The Kier molecular flexibility index (Phi) is 4.77. The fraction of sp³-hybridized carbons (Fsp3) is 0.417. The number of esters is 1. The second-order valence-corrected chi connectivity index (χ2v) is 4.37. The van der Waals surface area contributed by atoms with E-state index in [1.165, 1.54) is 0 Å². The molecule has 0 bridgehead atoms. The fourth-order valence-electron chi connectivity index (χ4n) is 1.43. The zero-order valence-corrected chi connectivity index (χ0v) is 10.3. The highest BCUT2D eigenvalue weighted by Crippen LogP contribution is 2.22. The number of carbonyl (C=O) groups is 1. The molecule has 3 N–H and O–H groups in total. The summed E-state index contributed by atoms with van der Waals surface area (Å²) in [6, 6.07) is 7.24. The Balaban J connectivity index is 2.62. The smallest absolute Gasteiger partial charge is 0.312 e. The standard InChI is InChI=1S/C12H16ClNO2/c1-8(2)16-12(15)7-11(14)9-5-3-4-6-10(9)13/h3-6,8,11H,7,14H2,1-2H3/p+1/t11-/m1/s1. The van der Waals surface area contributed by atoms with Gasteiger partial charge in [-0.25, -0.2) is 0 Å². The third-order valence-electron chi connectivity index (χ3n) is 2.13. The minimum absolute atomic E-state index is 0.0917. The average molecular weight is 243 g/mol. The first kappa shape index (κ1) is 13.0. The van der Waals surface area contributed by atoms with E-state index < -0.39 is 0 Å². The van der Waals surface area contributed by atoms with Crippen molar-refractivity contribution in [3.05, 3.63) is 34.9 Å². The molecule has 1 rings (SSSR count). The molecule has 0 aliphatic heterocycles. The Morgan fingerprint density at radius 2 is 2.06 bits per heavy atom. The molecule has 1 atom stereocenters. The predicted molar refractivity (Wildman–Crippen MR) is 62.9 cm³/mol. The van der Waals surface area contributed by atoms with Crippen LogP contribution in [0.4, 0.5) is 0 Å². The van der Waals surface area contributed by atoms with E-state index in [1.807, 2.05) is 32.0 Å². The van der Waals surface area contributed by atoms with Gasteiger partial charge in [-0.2, -0.15) is 0 Å². The highest BCUT2D eigenvalue weighted by Gasteiger charge is 2.18. The Morgan fingerprint density at radius 3 is 2.62 bits per heavy atom. The van der Waals surface area contributed by atoms with E-state index >= 15 is 0 Å². The van der Waals surface area contributed by atoms with Crippen molar-refractivity contribution in [1.29, 1.82) is 0 Å². The van der Waals surface area contributed by atoms with Crippen LogP contribution in [0.15, 0.2) is 24.3 Å². The van der Waals surface area contributed by atoms with E-state index in [2.05, 4.69) is 5.73 Å². The summed E-state index contributed by atoms with van der Waals surface area (Å²) in [7, 11) is 0. The first-order chi connectivity index (χ1) is 7.50. The van der Waals surface area contributed by atoms with Crippen molar-refractivity contribution < 1.29 is 15.3 Å². The van der Waals surface area contributed by atoms with Crippen LogP contribution < -0.4 is 5.73 Å². The van der Waals surface area contributed by atoms with Gasteiger partial charge in [0.2, 0.25) is 0 Å². The molecule has 0 saturated heterocycles. The van der Waals surface area contributed by atoms with Crippen LogP contribution in [0, 0.1) is 0 Å². The van der Waals surface area contributed by atoms with Crippen molar-refractivity contribution in [2.24, 2.45) is 0 Å². The summed E-state index contributed by atoms with van der Waals surface area (Å²) in [5, 5.41) is 0.639. The largest absolute Gasteiger partial charge is 0.463 e. The monoisotopic (exact) mass is 242 g/mol. The third-order valence-corrected chi connectivity index (χ3v) is 2.47. The van der Waals surface area contributed by atoms with Gasteiger partial charge in [0.05, 0.1) is 6.10 Å². The van der Waals surface area contributed by atoms with Crippen LogP contribution in [0.2, 0.25) is 5.02 Å². The number of carbonyl (C=O) groups excluding carboxylic acids is 1. The van der Waals surface area contributed by atoms with E-state index in [9.17, 15) is 4.79 Å². The van der Waals surface area contributed by atoms with E-state index in [0.29, 0.717) is 5.02 Å². The predicted octanol–water partition coefficient (Wildman–Crippen LogP) is 1.96. The summed E-state index contributed by atoms with van der Waals surface area (Å²) in [5.41, 5.74) is 4.81. The molecule has 16 heavy (non-hydrogen) atoms. The maximum atomic E-state index is 11.4. The van der Waals surface area contributed by atoms with E-state index in [1.54, 1.807) is 6.07 Å². The molecular formula is C12H17ClNO2+. The molecule has 0 fully saturated rings. The van der Waals surface area contributed by atoms with Crippen molar-refractivity contribution >= 4 is 17.6 Å². The minimum Gasteiger partial charge on any atom is -0.463 e. The van der Waals surface area contributed by atoms with Gasteiger partial charge in [0.25, 0.3) is 0 Å². The zero-order valence-electron chi connectivity index (χ0n) is 9.57. The molecule has 3 nitrogen and oxygen atoms in total. The average Bonchev–Trinajstić information content (AvgIpc) is 2.16. The molecule has 0 aliphatic rings. The molecule has 0 saturated carbocycles. The second kappa shape index (κ2) is 5.87. The Morgan fingerprint density at radius 1 is 1.44 bits per heavy atom. The molecule has 0 radical (unpaired) electrons. The van der Waals surface area contributed by atoms with Gasteiger partial charge in [-0.3, -0.25) is 4.79 Å². The van der Waals surface area contributed by atoms with Gasteiger partial charge in [-0.05, 0) is 19.9 Å². The molecule has 0 heterocycles. The van der Waals surface area contributed by atoms with Gasteiger partial charge in [0.1, 0.15) is 12.5 Å². The quantitative estimate of drug-likeness (QED) is 0.821. The SMILES string of the molecule is CC(C)OC(=O)C[C@@H]([NH3+])c1ccccc1Cl. The van der Waals surface area contributed by atoms with Crippen molar-refractivity contribution in [2.75, 3.05) is 0 Å². The lowest BCUT2D eigenvalue weighted by Gasteiger charge is -2.12. The van der Waals surface area contributed by atoms with Gasteiger partial charge in [0, 0.05) is 10.6 Å². The van der Waals surface area contributed by atoms with E-state index in [4.69, 9.17) is 16.3 Å². The molecule has 0 spiro atoms. The van der Waals surface area contributed by atoms with E-state index in [0.717, 1.165) is 5.56 Å². The maximum Gasteiger partial charge on any atom is 0.312 e. The topological polar surface area (TPSA) is 53.9 Å². The van der Waals surface area contributed by atoms with Crippen LogP contribution in [-0.4, -0.2) is 12.1 Å². The Hall–Kier alpha value is -1.06. The van der Waals surface area contributed by atoms with Crippen molar-refractivity contribution in [1.82, 2.24) is 0 Å². The highest BCUT2D eigenvalue weighted by atomic mass is 35.5. The van der Waals surface area contributed by atoms with Crippen LogP contribution >= 0.6 is 11.6 Å². The lowest BCUT2D eigenvalue weighted by molar-refractivity contribution is -0.425. The number of rotatable bonds is 4. The van der Waals surface area contributed by atoms with Crippen molar-refractivity contribution in [3.8, 4) is 0 Å². The Bertz CT molecular complexity index is 366. The lowest BCUT2D eigenvalue weighted by atomic mass is 10.1. The first-order valence-corrected chi connectivity index (χ1v) is 5.65. The van der Waals surface area contributed by atoms with Gasteiger partial charge in [-0.1, -0.05) is 29.8 Å². The summed E-state index contributed by atoms with van der Waals surface area (Å²) in [6.07, 6.45) is 0.160. The van der Waals surface area contributed by atoms with Crippen LogP contribution in [0.5, 0.6) is 0 Å². The van der Waals surface area contributed by atoms with Gasteiger partial charge < -0.3 is 10.5 Å². The van der Waals surface area contributed by atoms with Crippen LogP contribution in [-0.2, 0) is 9.53 Å². The zero-order chi connectivity index (χ0) is 12.1. The van der Waals surface area contributed by atoms with Crippen LogP contribution in [0.1, 0.15) is 31.9 Å². The molecule has 0 aliphatic carbocycles. The van der Waals surface area contributed by atoms with Gasteiger partial charge in [-0.15, -0.1) is 0 Å². The van der Waals surface area contributed by atoms with Crippen LogP contribution in [0.25, 0.3) is 0 Å². The summed E-state index contributed by atoms with van der Waals surface area (Å²) in [6.45, 7) is 3.65. The number of ether oxygens (including phenoxy) is 1. The number of benzene rings is 1. The lowest BCUT2D eigenvalue weighted by Crippen LogP contribution is -2.54. The number of hydrogen-bond acceptors (Lipinski definition) is 2. The molecule has 0 amide bonds. The summed E-state index contributed by atoms with van der Waals surface area (Å²) < 4.78 is 5.06. The summed E-state index contributed by atoms with van der Waals surface area (Å²) in [4.78, 5) is 11.4. The first-order valence-electron chi connectivity index (χ1n) is 5.27. The number of halogens is 1. The molecule has 88 valence electrons. The van der Waals surface area contributed by atoms with Crippen molar-refractivity contribution in [2.45, 2.75) is 32.4 Å². The summed E-state index contributed by atoms with van der Waals surface area (Å²) >= 11 is 6.02. The molecule has 0 unspecified atom stereocenters. The Labute approximate surface area is 101 Å².